The van der Waals surface area contributed by atoms with Crippen molar-refractivity contribution in [2.45, 2.75) is 11.4 Å². The van der Waals surface area contributed by atoms with Gasteiger partial charge in [0.05, 0.1) is 32.9 Å². The third-order valence-corrected chi connectivity index (χ3v) is 6.70. The predicted molar refractivity (Wildman–Crippen MR) is 114 cm³/mol. The van der Waals surface area contributed by atoms with Gasteiger partial charge < -0.3 is 5.32 Å². The van der Waals surface area contributed by atoms with Crippen LogP contribution >= 0.6 is 11.3 Å². The Morgan fingerprint density at radius 3 is 2.43 bits per heavy atom. The second kappa shape index (κ2) is 8.21. The smallest absolute Gasteiger partial charge is 0.261 e. The van der Waals surface area contributed by atoms with E-state index in [1.807, 2.05) is 24.3 Å². The number of halogens is 1. The molecule has 1 amide bonds. The highest BCUT2D eigenvalue weighted by Crippen LogP contribution is 2.23. The first kappa shape index (κ1) is 20.0. The van der Waals surface area contributed by atoms with E-state index in [1.165, 1.54) is 23.5 Å². The summed E-state index contributed by atoms with van der Waals surface area (Å²) in [6.45, 7) is 0.219. The van der Waals surface area contributed by atoms with Crippen LogP contribution in [0.25, 0.3) is 10.2 Å². The van der Waals surface area contributed by atoms with Crippen molar-refractivity contribution in [3.05, 3.63) is 89.2 Å². The maximum atomic E-state index is 13.1. The molecule has 9 heteroatoms. The van der Waals surface area contributed by atoms with Crippen LogP contribution in [-0.4, -0.2) is 19.3 Å². The number of rotatable bonds is 6. The third-order valence-electron chi connectivity index (χ3n) is 4.28. The van der Waals surface area contributed by atoms with Crippen LogP contribution in [0, 0.1) is 5.82 Å². The van der Waals surface area contributed by atoms with Crippen LogP contribution in [0.3, 0.4) is 0 Å². The first-order chi connectivity index (χ1) is 14.4. The van der Waals surface area contributed by atoms with Gasteiger partial charge in [0.25, 0.3) is 15.9 Å². The molecule has 1 heterocycles. The molecule has 4 rings (SSSR count). The summed E-state index contributed by atoms with van der Waals surface area (Å²) in [5.74, 6) is -0.977. The molecule has 6 nitrogen and oxygen atoms in total. The number of nitrogens with one attached hydrogen (secondary N) is 2. The minimum Gasteiger partial charge on any atom is -0.345 e. The normalized spacial score (nSPS) is 11.4. The summed E-state index contributed by atoms with van der Waals surface area (Å²) in [6, 6.07) is 18.4. The molecule has 0 spiro atoms. The lowest BCUT2D eigenvalue weighted by molar-refractivity contribution is 0.0952. The van der Waals surface area contributed by atoms with Crippen LogP contribution in [0.15, 0.2) is 77.7 Å². The van der Waals surface area contributed by atoms with Crippen LogP contribution in [0.4, 0.5) is 10.1 Å². The van der Waals surface area contributed by atoms with E-state index < -0.39 is 21.7 Å². The lowest BCUT2D eigenvalue weighted by Gasteiger charge is -2.12. The molecule has 1 aromatic heterocycles. The van der Waals surface area contributed by atoms with Crippen molar-refractivity contribution in [2.75, 3.05) is 4.72 Å². The van der Waals surface area contributed by atoms with E-state index in [4.69, 9.17) is 0 Å². The Kier molecular flexibility index (Phi) is 5.47. The van der Waals surface area contributed by atoms with Crippen molar-refractivity contribution in [2.24, 2.45) is 0 Å². The van der Waals surface area contributed by atoms with Crippen LogP contribution < -0.4 is 10.0 Å². The lowest BCUT2D eigenvalue weighted by atomic mass is 10.1. The first-order valence-corrected chi connectivity index (χ1v) is 11.2. The molecule has 0 unspecified atom stereocenters. The number of benzene rings is 3. The lowest BCUT2D eigenvalue weighted by Crippen LogP contribution is -2.24. The van der Waals surface area contributed by atoms with E-state index in [-0.39, 0.29) is 22.7 Å². The Hall–Kier alpha value is -3.30. The average molecular weight is 442 g/mol. The SMILES string of the molecule is O=C(NCc1nc2ccccc2s1)c1ccccc1NS(=O)(=O)c1ccc(F)cc1. The molecule has 4 aromatic rings. The van der Waals surface area contributed by atoms with E-state index in [0.29, 0.717) is 0 Å². The van der Waals surface area contributed by atoms with E-state index in [9.17, 15) is 17.6 Å². The summed E-state index contributed by atoms with van der Waals surface area (Å²) in [6.07, 6.45) is 0. The van der Waals surface area contributed by atoms with Gasteiger partial charge in [0.15, 0.2) is 0 Å². The van der Waals surface area contributed by atoms with Gasteiger partial charge in [-0.15, -0.1) is 11.3 Å². The maximum absolute atomic E-state index is 13.1. The molecule has 0 bridgehead atoms. The van der Waals surface area contributed by atoms with Gasteiger partial charge in [-0.05, 0) is 48.5 Å². The summed E-state index contributed by atoms with van der Waals surface area (Å²) in [4.78, 5) is 17.1. The van der Waals surface area contributed by atoms with Crippen molar-refractivity contribution in [3.8, 4) is 0 Å². The zero-order valence-electron chi connectivity index (χ0n) is 15.5. The topological polar surface area (TPSA) is 88.2 Å². The van der Waals surface area contributed by atoms with Crippen molar-refractivity contribution in [1.29, 1.82) is 0 Å². The Bertz CT molecular complexity index is 1290. The van der Waals surface area contributed by atoms with Crippen molar-refractivity contribution in [1.82, 2.24) is 10.3 Å². The molecule has 0 saturated carbocycles. The molecule has 0 fully saturated rings. The van der Waals surface area contributed by atoms with Crippen molar-refractivity contribution < 1.29 is 17.6 Å². The van der Waals surface area contributed by atoms with Gasteiger partial charge in [0, 0.05) is 0 Å². The number of anilines is 1. The van der Waals surface area contributed by atoms with Crippen molar-refractivity contribution in [3.63, 3.8) is 0 Å². The standard InChI is InChI=1S/C21H16FN3O3S2/c22-14-9-11-15(12-10-14)30(27,28)25-17-6-2-1-5-16(17)21(26)23-13-20-24-18-7-3-4-8-19(18)29-20/h1-12,25H,13H2,(H,23,26). The van der Waals surface area contributed by atoms with Gasteiger partial charge in [0.1, 0.15) is 10.8 Å². The fourth-order valence-electron chi connectivity index (χ4n) is 2.83. The van der Waals surface area contributed by atoms with Gasteiger partial charge in [-0.3, -0.25) is 9.52 Å². The Morgan fingerprint density at radius 1 is 0.967 bits per heavy atom. The number of hydrogen-bond donors (Lipinski definition) is 2. The van der Waals surface area contributed by atoms with E-state index in [1.54, 1.807) is 12.1 Å². The number of nitrogens with zero attached hydrogens (tertiary/aromatic N) is 1. The summed E-state index contributed by atoms with van der Waals surface area (Å²) in [5.41, 5.74) is 1.16. The molecule has 0 aliphatic heterocycles. The van der Waals surface area contributed by atoms with Gasteiger partial charge in [-0.1, -0.05) is 24.3 Å². The quantitative estimate of drug-likeness (QED) is 0.470. The molecule has 152 valence electrons. The molecule has 0 aliphatic rings. The Labute approximate surface area is 176 Å². The largest absolute Gasteiger partial charge is 0.345 e. The Balaban J connectivity index is 1.52. The summed E-state index contributed by atoms with van der Waals surface area (Å²) in [7, 11) is -3.98. The van der Waals surface area contributed by atoms with Gasteiger partial charge in [-0.25, -0.2) is 17.8 Å². The number of carbonyl (C=O) groups excluding carboxylic acids is 1. The Morgan fingerprint density at radius 2 is 1.67 bits per heavy atom. The highest BCUT2D eigenvalue weighted by atomic mass is 32.2. The number of fused-ring (bicyclic) bond motifs is 1. The number of amides is 1. The number of hydrogen-bond acceptors (Lipinski definition) is 5. The number of para-hydroxylation sites is 2. The maximum Gasteiger partial charge on any atom is 0.261 e. The fraction of sp³-hybridized carbons (Fsp3) is 0.0476. The summed E-state index contributed by atoms with van der Waals surface area (Å²) < 4.78 is 41.7. The number of aromatic nitrogens is 1. The molecule has 0 atom stereocenters. The number of sulfonamides is 1. The van der Waals surface area contributed by atoms with Crippen LogP contribution in [0.1, 0.15) is 15.4 Å². The van der Waals surface area contributed by atoms with E-state index in [0.717, 1.165) is 39.5 Å². The number of carbonyl (C=O) groups is 1. The second-order valence-corrected chi connectivity index (χ2v) is 9.16. The molecule has 0 saturated heterocycles. The summed E-state index contributed by atoms with van der Waals surface area (Å²) in [5, 5.41) is 3.52. The van der Waals surface area contributed by atoms with Gasteiger partial charge >= 0.3 is 0 Å². The predicted octanol–water partition coefficient (Wildman–Crippen LogP) is 4.17. The van der Waals surface area contributed by atoms with Crippen LogP contribution in [0.2, 0.25) is 0 Å². The van der Waals surface area contributed by atoms with Gasteiger partial charge in [-0.2, -0.15) is 0 Å². The fourth-order valence-corrected chi connectivity index (χ4v) is 4.82. The molecule has 3 aromatic carbocycles. The first-order valence-electron chi connectivity index (χ1n) is 8.92. The molecular formula is C21H16FN3O3S2. The molecule has 0 radical (unpaired) electrons. The van der Waals surface area contributed by atoms with Crippen LogP contribution in [0.5, 0.6) is 0 Å². The average Bonchev–Trinajstić information content (AvgIpc) is 3.15. The van der Waals surface area contributed by atoms with E-state index in [2.05, 4.69) is 15.0 Å². The monoisotopic (exact) mass is 441 g/mol. The molecule has 2 N–H and O–H groups in total. The van der Waals surface area contributed by atoms with E-state index >= 15 is 0 Å². The van der Waals surface area contributed by atoms with Crippen molar-refractivity contribution >= 4 is 43.2 Å². The second-order valence-electron chi connectivity index (χ2n) is 6.36. The minimum absolute atomic E-state index is 0.103. The summed E-state index contributed by atoms with van der Waals surface area (Å²) >= 11 is 1.48. The molecular weight excluding hydrogens is 425 g/mol. The highest BCUT2D eigenvalue weighted by molar-refractivity contribution is 7.92. The zero-order valence-corrected chi connectivity index (χ0v) is 17.1. The van der Waals surface area contributed by atoms with Crippen LogP contribution in [-0.2, 0) is 16.6 Å². The minimum atomic E-state index is -3.98. The highest BCUT2D eigenvalue weighted by Gasteiger charge is 2.19. The van der Waals surface area contributed by atoms with Gasteiger partial charge in [0.2, 0.25) is 0 Å². The number of thiazole rings is 1. The molecule has 30 heavy (non-hydrogen) atoms. The zero-order chi connectivity index (χ0) is 21.1. The third kappa shape index (κ3) is 4.32. The molecule has 0 aliphatic carbocycles.